The molecule has 0 saturated heterocycles. The zero-order valence-corrected chi connectivity index (χ0v) is 13.4. The summed E-state index contributed by atoms with van der Waals surface area (Å²) < 4.78 is 5.62. The largest absolute Gasteiger partial charge is 0.493 e. The molecule has 5 heteroatoms. The van der Waals surface area contributed by atoms with Crippen LogP contribution in [0.1, 0.15) is 26.5 Å². The minimum Gasteiger partial charge on any atom is -0.493 e. The third-order valence-corrected chi connectivity index (χ3v) is 3.68. The maximum absolute atomic E-state index is 11.8. The van der Waals surface area contributed by atoms with Gasteiger partial charge in [0.05, 0.1) is 24.3 Å². The smallest absolute Gasteiger partial charge is 0.226 e. The number of hydrogen-bond acceptors (Lipinski definition) is 4. The van der Waals surface area contributed by atoms with Gasteiger partial charge in [0.15, 0.2) is 0 Å². The number of hydrogen-bond donors (Lipinski definition) is 1. The zero-order chi connectivity index (χ0) is 15.2. The molecule has 4 nitrogen and oxygen atoms in total. The van der Waals surface area contributed by atoms with Gasteiger partial charge >= 0.3 is 0 Å². The number of ether oxygens (including phenoxy) is 1. The third-order valence-electron chi connectivity index (χ3n) is 2.76. The van der Waals surface area contributed by atoms with E-state index in [0.717, 1.165) is 22.0 Å². The van der Waals surface area contributed by atoms with Crippen molar-refractivity contribution in [2.24, 2.45) is 0 Å². The van der Waals surface area contributed by atoms with E-state index in [4.69, 9.17) is 4.74 Å². The standard InChI is InChI=1S/C16H20N2O2S/c1-4-20-14-8-6-5-7-13(14)16-18-12(10-21-16)9-15(19)17-11(2)3/h5-8,10-11H,4,9H2,1-3H3,(H,17,19). The summed E-state index contributed by atoms with van der Waals surface area (Å²) in [4.78, 5) is 16.3. The molecule has 1 aromatic carbocycles. The van der Waals surface area contributed by atoms with E-state index in [2.05, 4.69) is 10.3 Å². The Morgan fingerprint density at radius 2 is 2.14 bits per heavy atom. The van der Waals surface area contributed by atoms with E-state index in [1.807, 2.05) is 50.4 Å². The van der Waals surface area contributed by atoms with Crippen molar-refractivity contribution in [1.82, 2.24) is 10.3 Å². The van der Waals surface area contributed by atoms with Crippen LogP contribution in [-0.4, -0.2) is 23.5 Å². The second-order valence-corrected chi connectivity index (χ2v) is 5.83. The predicted octanol–water partition coefficient (Wildman–Crippen LogP) is 3.28. The number of amides is 1. The number of benzene rings is 1. The molecule has 0 bridgehead atoms. The molecule has 0 radical (unpaired) electrons. The monoisotopic (exact) mass is 304 g/mol. The average Bonchev–Trinajstić information content (AvgIpc) is 2.87. The lowest BCUT2D eigenvalue weighted by Crippen LogP contribution is -2.31. The van der Waals surface area contributed by atoms with Crippen LogP contribution in [0.2, 0.25) is 0 Å². The third kappa shape index (κ3) is 4.29. The highest BCUT2D eigenvalue weighted by molar-refractivity contribution is 7.13. The van der Waals surface area contributed by atoms with Gasteiger partial charge in [-0.2, -0.15) is 0 Å². The van der Waals surface area contributed by atoms with E-state index in [1.165, 1.54) is 11.3 Å². The van der Waals surface area contributed by atoms with Crippen LogP contribution in [0, 0.1) is 0 Å². The van der Waals surface area contributed by atoms with Crippen molar-refractivity contribution in [3.8, 4) is 16.3 Å². The number of carbonyl (C=O) groups excluding carboxylic acids is 1. The molecule has 2 aromatic rings. The van der Waals surface area contributed by atoms with Crippen molar-refractivity contribution in [3.05, 3.63) is 35.3 Å². The van der Waals surface area contributed by atoms with Gasteiger partial charge in [0, 0.05) is 11.4 Å². The molecule has 112 valence electrons. The molecular weight excluding hydrogens is 284 g/mol. The van der Waals surface area contributed by atoms with E-state index in [-0.39, 0.29) is 11.9 Å². The SMILES string of the molecule is CCOc1ccccc1-c1nc(CC(=O)NC(C)C)cs1. The van der Waals surface area contributed by atoms with Crippen molar-refractivity contribution >= 4 is 17.2 Å². The highest BCUT2D eigenvalue weighted by Gasteiger charge is 2.12. The van der Waals surface area contributed by atoms with Gasteiger partial charge < -0.3 is 10.1 Å². The van der Waals surface area contributed by atoms with Crippen LogP contribution in [0.3, 0.4) is 0 Å². The maximum atomic E-state index is 11.8. The van der Waals surface area contributed by atoms with Crippen LogP contribution in [0.4, 0.5) is 0 Å². The van der Waals surface area contributed by atoms with Crippen molar-refractivity contribution in [3.63, 3.8) is 0 Å². The highest BCUT2D eigenvalue weighted by Crippen LogP contribution is 2.32. The van der Waals surface area contributed by atoms with Gasteiger partial charge in [0.25, 0.3) is 0 Å². The number of para-hydroxylation sites is 1. The van der Waals surface area contributed by atoms with Crippen LogP contribution in [0.25, 0.3) is 10.6 Å². The highest BCUT2D eigenvalue weighted by atomic mass is 32.1. The zero-order valence-electron chi connectivity index (χ0n) is 12.6. The molecule has 1 amide bonds. The molecule has 21 heavy (non-hydrogen) atoms. The first-order chi connectivity index (χ1) is 10.1. The van der Waals surface area contributed by atoms with Crippen molar-refractivity contribution < 1.29 is 9.53 Å². The average molecular weight is 304 g/mol. The summed E-state index contributed by atoms with van der Waals surface area (Å²) in [5, 5.41) is 5.68. The van der Waals surface area contributed by atoms with Gasteiger partial charge in [-0.3, -0.25) is 4.79 Å². The van der Waals surface area contributed by atoms with E-state index in [9.17, 15) is 4.79 Å². The Hall–Kier alpha value is -1.88. The summed E-state index contributed by atoms with van der Waals surface area (Å²) in [7, 11) is 0. The minimum atomic E-state index is -0.0000525. The Morgan fingerprint density at radius 1 is 1.38 bits per heavy atom. The van der Waals surface area contributed by atoms with Gasteiger partial charge in [-0.15, -0.1) is 11.3 Å². The van der Waals surface area contributed by atoms with Crippen LogP contribution in [0.5, 0.6) is 5.75 Å². The fourth-order valence-corrected chi connectivity index (χ4v) is 2.82. The van der Waals surface area contributed by atoms with Crippen molar-refractivity contribution in [2.45, 2.75) is 33.2 Å². The molecule has 1 heterocycles. The summed E-state index contributed by atoms with van der Waals surface area (Å²) in [5.41, 5.74) is 1.76. The summed E-state index contributed by atoms with van der Waals surface area (Å²) in [6, 6.07) is 7.98. The van der Waals surface area contributed by atoms with Gasteiger partial charge in [0.1, 0.15) is 10.8 Å². The quantitative estimate of drug-likeness (QED) is 0.891. The van der Waals surface area contributed by atoms with E-state index >= 15 is 0 Å². The van der Waals surface area contributed by atoms with Crippen LogP contribution in [-0.2, 0) is 11.2 Å². The predicted molar refractivity (Wildman–Crippen MR) is 85.7 cm³/mol. The Kier molecular flexibility index (Phi) is 5.33. The normalized spacial score (nSPS) is 10.7. The summed E-state index contributed by atoms with van der Waals surface area (Å²) in [6.45, 7) is 6.47. The van der Waals surface area contributed by atoms with Crippen LogP contribution < -0.4 is 10.1 Å². The number of nitrogens with zero attached hydrogens (tertiary/aromatic N) is 1. The van der Waals surface area contributed by atoms with Crippen molar-refractivity contribution in [1.29, 1.82) is 0 Å². The lowest BCUT2D eigenvalue weighted by molar-refractivity contribution is -0.120. The fourth-order valence-electron chi connectivity index (χ4n) is 1.97. The Morgan fingerprint density at radius 3 is 2.86 bits per heavy atom. The molecule has 0 saturated carbocycles. The first-order valence-electron chi connectivity index (χ1n) is 7.06. The maximum Gasteiger partial charge on any atom is 0.226 e. The Labute approximate surface area is 129 Å². The van der Waals surface area contributed by atoms with E-state index < -0.39 is 0 Å². The number of aromatic nitrogens is 1. The molecule has 0 atom stereocenters. The summed E-state index contributed by atoms with van der Waals surface area (Å²) in [5.74, 6) is 0.826. The first kappa shape index (κ1) is 15.5. The summed E-state index contributed by atoms with van der Waals surface area (Å²) >= 11 is 1.53. The van der Waals surface area contributed by atoms with Crippen molar-refractivity contribution in [2.75, 3.05) is 6.61 Å². The molecule has 1 N–H and O–H groups in total. The number of thiazole rings is 1. The number of nitrogens with one attached hydrogen (secondary N) is 1. The minimum absolute atomic E-state index is 0.0000525. The van der Waals surface area contributed by atoms with Gasteiger partial charge in [-0.05, 0) is 32.9 Å². The second-order valence-electron chi connectivity index (χ2n) is 4.97. The molecule has 2 rings (SSSR count). The molecular formula is C16H20N2O2S. The number of carbonyl (C=O) groups is 1. The Bertz CT molecular complexity index is 608. The van der Waals surface area contributed by atoms with E-state index in [0.29, 0.717) is 13.0 Å². The lowest BCUT2D eigenvalue weighted by Gasteiger charge is -2.07. The molecule has 0 aliphatic heterocycles. The van der Waals surface area contributed by atoms with Gasteiger partial charge in [-0.1, -0.05) is 12.1 Å². The van der Waals surface area contributed by atoms with E-state index in [1.54, 1.807) is 0 Å². The molecule has 0 unspecified atom stereocenters. The molecule has 1 aromatic heterocycles. The van der Waals surface area contributed by atoms with Crippen LogP contribution >= 0.6 is 11.3 Å². The topological polar surface area (TPSA) is 51.2 Å². The first-order valence-corrected chi connectivity index (χ1v) is 7.94. The molecule has 0 fully saturated rings. The summed E-state index contributed by atoms with van der Waals surface area (Å²) in [6.07, 6.45) is 0.311. The molecule has 0 aliphatic rings. The molecule has 0 aliphatic carbocycles. The second kappa shape index (κ2) is 7.22. The fraction of sp³-hybridized carbons (Fsp3) is 0.375. The van der Waals surface area contributed by atoms with Gasteiger partial charge in [-0.25, -0.2) is 4.98 Å². The van der Waals surface area contributed by atoms with Gasteiger partial charge in [0.2, 0.25) is 5.91 Å². The molecule has 0 spiro atoms. The van der Waals surface area contributed by atoms with Crippen LogP contribution in [0.15, 0.2) is 29.6 Å². The Balaban J connectivity index is 2.15. The number of rotatable bonds is 6. The lowest BCUT2D eigenvalue weighted by atomic mass is 10.2.